The molecule has 0 aliphatic carbocycles. The molecule has 0 fully saturated rings. The van der Waals surface area contributed by atoms with Gasteiger partial charge in [0.25, 0.3) is 11.8 Å². The lowest BCUT2D eigenvalue weighted by molar-refractivity contribution is -0.146. The van der Waals surface area contributed by atoms with Crippen LogP contribution in [0.5, 0.6) is 0 Å². The normalized spacial score (nSPS) is 10.8. The van der Waals surface area contributed by atoms with Crippen LogP contribution in [0.15, 0.2) is 59.5 Å². The lowest BCUT2D eigenvalue weighted by Crippen LogP contribution is -2.32. The van der Waals surface area contributed by atoms with E-state index in [4.69, 9.17) is 4.74 Å². The Bertz CT molecular complexity index is 960. The highest BCUT2D eigenvalue weighted by molar-refractivity contribution is 7.89. The molecule has 0 saturated carbocycles. The van der Waals surface area contributed by atoms with Crippen LogP contribution < -0.4 is 15.4 Å². The predicted octanol–water partition coefficient (Wildman–Crippen LogP) is 0.506. The highest BCUT2D eigenvalue weighted by atomic mass is 32.2. The van der Waals surface area contributed by atoms with Crippen LogP contribution in [-0.2, 0) is 24.3 Å². The van der Waals surface area contributed by atoms with Crippen molar-refractivity contribution in [3.8, 4) is 0 Å². The molecule has 0 spiro atoms. The number of hydrogen-bond donors (Lipinski definition) is 3. The highest BCUT2D eigenvalue weighted by Crippen LogP contribution is 2.10. The molecule has 0 unspecified atom stereocenters. The van der Waals surface area contributed by atoms with Crippen LogP contribution in [0.25, 0.3) is 0 Å². The number of rotatable bonds is 8. The lowest BCUT2D eigenvalue weighted by Gasteiger charge is -2.09. The Kier molecular flexibility index (Phi) is 7.24. The van der Waals surface area contributed by atoms with Crippen molar-refractivity contribution in [1.29, 1.82) is 0 Å². The summed E-state index contributed by atoms with van der Waals surface area (Å²) in [6.45, 7) is -1.22. The smallest absolute Gasteiger partial charge is 0.321 e. The molecular weight excluding hydrogens is 386 g/mol. The van der Waals surface area contributed by atoms with Gasteiger partial charge in [0.1, 0.15) is 6.54 Å². The van der Waals surface area contributed by atoms with Crippen LogP contribution in [0, 0.1) is 0 Å². The second-order valence-electron chi connectivity index (χ2n) is 5.51. The van der Waals surface area contributed by atoms with Gasteiger partial charge in [-0.05, 0) is 30.3 Å². The van der Waals surface area contributed by atoms with Crippen molar-refractivity contribution >= 4 is 33.5 Å². The van der Waals surface area contributed by atoms with E-state index in [9.17, 15) is 22.8 Å². The fraction of sp³-hybridized carbons (Fsp3) is 0.167. The summed E-state index contributed by atoms with van der Waals surface area (Å²) in [7, 11) is -2.36. The van der Waals surface area contributed by atoms with Crippen LogP contribution >= 0.6 is 0 Å². The minimum absolute atomic E-state index is 0.0107. The van der Waals surface area contributed by atoms with Gasteiger partial charge in [0, 0.05) is 18.3 Å². The van der Waals surface area contributed by atoms with Gasteiger partial charge in [-0.1, -0.05) is 24.3 Å². The van der Waals surface area contributed by atoms with Crippen LogP contribution in [-0.4, -0.2) is 46.4 Å². The third-order valence-electron chi connectivity index (χ3n) is 3.46. The molecule has 0 bridgehead atoms. The molecule has 2 aromatic carbocycles. The van der Waals surface area contributed by atoms with Gasteiger partial charge in [-0.3, -0.25) is 14.4 Å². The maximum absolute atomic E-state index is 12.0. The Morgan fingerprint density at radius 3 is 2.39 bits per heavy atom. The minimum atomic E-state index is -3.85. The fourth-order valence-electron chi connectivity index (χ4n) is 2.11. The Balaban J connectivity index is 1.81. The van der Waals surface area contributed by atoms with Gasteiger partial charge >= 0.3 is 5.97 Å². The molecular formula is C18H19N3O6S. The van der Waals surface area contributed by atoms with E-state index in [0.717, 1.165) is 0 Å². The maximum atomic E-state index is 12.0. The number of amides is 2. The number of carbonyl (C=O) groups excluding carboxylic acids is 3. The van der Waals surface area contributed by atoms with E-state index in [1.54, 1.807) is 36.4 Å². The predicted molar refractivity (Wildman–Crippen MR) is 101 cm³/mol. The second kappa shape index (κ2) is 9.62. The molecule has 9 nitrogen and oxygen atoms in total. The molecule has 0 atom stereocenters. The number of carbonyl (C=O) groups is 3. The zero-order valence-corrected chi connectivity index (χ0v) is 15.8. The largest absolute Gasteiger partial charge is 0.455 e. The molecule has 28 heavy (non-hydrogen) atoms. The topological polar surface area (TPSA) is 131 Å². The van der Waals surface area contributed by atoms with Gasteiger partial charge < -0.3 is 15.4 Å². The van der Waals surface area contributed by atoms with E-state index in [-0.39, 0.29) is 10.8 Å². The molecule has 0 aromatic heterocycles. The molecule has 3 N–H and O–H groups in total. The molecule has 2 rings (SSSR count). The van der Waals surface area contributed by atoms with Crippen molar-refractivity contribution in [1.82, 2.24) is 10.0 Å². The Morgan fingerprint density at radius 2 is 1.71 bits per heavy atom. The first kappa shape index (κ1) is 21.1. The van der Waals surface area contributed by atoms with Gasteiger partial charge in [0.15, 0.2) is 6.61 Å². The molecule has 0 radical (unpaired) electrons. The van der Waals surface area contributed by atoms with Crippen molar-refractivity contribution in [2.45, 2.75) is 4.90 Å². The van der Waals surface area contributed by atoms with Gasteiger partial charge in [-0.25, -0.2) is 8.42 Å². The van der Waals surface area contributed by atoms with Crippen molar-refractivity contribution in [3.05, 3.63) is 60.2 Å². The highest BCUT2D eigenvalue weighted by Gasteiger charge is 2.16. The van der Waals surface area contributed by atoms with Gasteiger partial charge in [-0.2, -0.15) is 4.72 Å². The average Bonchev–Trinajstić information content (AvgIpc) is 2.71. The molecule has 10 heteroatoms. The van der Waals surface area contributed by atoms with Crippen LogP contribution in [0.2, 0.25) is 0 Å². The summed E-state index contributed by atoms with van der Waals surface area (Å²) in [5.74, 6) is -1.85. The summed E-state index contributed by atoms with van der Waals surface area (Å²) in [4.78, 5) is 35.1. The number of anilines is 1. The molecule has 2 aromatic rings. The summed E-state index contributed by atoms with van der Waals surface area (Å²) in [6, 6.07) is 13.7. The van der Waals surface area contributed by atoms with Crippen molar-refractivity contribution < 1.29 is 27.5 Å². The van der Waals surface area contributed by atoms with E-state index in [1.165, 1.54) is 25.2 Å². The lowest BCUT2D eigenvalue weighted by atomic mass is 10.2. The second-order valence-corrected chi connectivity index (χ2v) is 7.27. The standard InChI is InChI=1S/C18H19N3O6S/c1-19-18(24)13-6-5-7-14(10-13)21-16(22)12-27-17(23)11-20-28(25,26)15-8-3-2-4-9-15/h2-10,20H,11-12H2,1H3,(H,19,24)(H,21,22). The summed E-state index contributed by atoms with van der Waals surface area (Å²) in [6.07, 6.45) is 0. The zero-order chi connectivity index (χ0) is 20.6. The van der Waals surface area contributed by atoms with E-state index in [2.05, 4.69) is 15.4 Å². The number of nitrogens with one attached hydrogen (secondary N) is 3. The molecule has 0 heterocycles. The number of esters is 1. The van der Waals surface area contributed by atoms with Crippen LogP contribution in [0.4, 0.5) is 5.69 Å². The zero-order valence-electron chi connectivity index (χ0n) is 15.0. The number of sulfonamides is 1. The van der Waals surface area contributed by atoms with Crippen molar-refractivity contribution in [2.24, 2.45) is 0 Å². The van der Waals surface area contributed by atoms with E-state index >= 15 is 0 Å². The molecule has 0 aliphatic rings. The first-order valence-electron chi connectivity index (χ1n) is 8.14. The van der Waals surface area contributed by atoms with Crippen molar-refractivity contribution in [3.63, 3.8) is 0 Å². The molecule has 0 saturated heterocycles. The SMILES string of the molecule is CNC(=O)c1cccc(NC(=O)COC(=O)CNS(=O)(=O)c2ccccc2)c1. The first-order valence-corrected chi connectivity index (χ1v) is 9.62. The summed E-state index contributed by atoms with van der Waals surface area (Å²) in [5.41, 5.74) is 0.708. The Hall–Kier alpha value is -3.24. The molecule has 2 amide bonds. The first-order chi connectivity index (χ1) is 13.3. The van der Waals surface area contributed by atoms with Gasteiger partial charge in [0.2, 0.25) is 10.0 Å². The minimum Gasteiger partial charge on any atom is -0.455 e. The Morgan fingerprint density at radius 1 is 1.00 bits per heavy atom. The van der Waals surface area contributed by atoms with Crippen LogP contribution in [0.3, 0.4) is 0 Å². The average molecular weight is 405 g/mol. The maximum Gasteiger partial charge on any atom is 0.321 e. The Labute approximate surface area is 162 Å². The monoisotopic (exact) mass is 405 g/mol. The number of hydrogen-bond acceptors (Lipinski definition) is 6. The van der Waals surface area contributed by atoms with Crippen molar-refractivity contribution in [2.75, 3.05) is 25.5 Å². The van der Waals surface area contributed by atoms with Crippen LogP contribution in [0.1, 0.15) is 10.4 Å². The van der Waals surface area contributed by atoms with Gasteiger partial charge in [0.05, 0.1) is 4.90 Å². The third-order valence-corrected chi connectivity index (χ3v) is 4.88. The number of ether oxygens (including phenoxy) is 1. The summed E-state index contributed by atoms with van der Waals surface area (Å²) in [5, 5.41) is 4.94. The van der Waals surface area contributed by atoms with Gasteiger partial charge in [-0.15, -0.1) is 0 Å². The third kappa shape index (κ3) is 6.18. The van der Waals surface area contributed by atoms with E-state index in [1.807, 2.05) is 0 Å². The van der Waals surface area contributed by atoms with E-state index in [0.29, 0.717) is 11.3 Å². The fourth-order valence-corrected chi connectivity index (χ4v) is 3.10. The molecule has 148 valence electrons. The summed E-state index contributed by atoms with van der Waals surface area (Å²) >= 11 is 0. The molecule has 0 aliphatic heterocycles. The number of benzene rings is 2. The summed E-state index contributed by atoms with van der Waals surface area (Å²) < 4.78 is 30.8. The van der Waals surface area contributed by atoms with E-state index < -0.39 is 35.1 Å². The quantitative estimate of drug-likeness (QED) is 0.549.